The van der Waals surface area contributed by atoms with Crippen LogP contribution >= 0.6 is 0 Å². The number of amides is 1. The minimum absolute atomic E-state index is 0.0439. The molecule has 2 fully saturated rings. The second kappa shape index (κ2) is 7.14. The predicted molar refractivity (Wildman–Crippen MR) is 85.2 cm³/mol. The summed E-state index contributed by atoms with van der Waals surface area (Å²) >= 11 is 0. The lowest BCUT2D eigenvalue weighted by Gasteiger charge is -2.34. The average Bonchev–Trinajstić information content (AvgIpc) is 3.02. The number of carbonyl (C=O) groups excluding carboxylic acids is 1. The first-order valence-corrected chi connectivity index (χ1v) is 8.20. The number of nitrogens with zero attached hydrogens (tertiary/aromatic N) is 2. The number of carboxylic acid groups (broad SMARTS) is 1. The molecule has 0 spiro atoms. The van der Waals surface area contributed by atoms with Gasteiger partial charge < -0.3 is 15.1 Å². The SMILES string of the molecule is O=C(O)CC1CC(C2CCN(C(=O)c3ncccc3O)CC2)NN1. The van der Waals surface area contributed by atoms with Crippen LogP contribution in [0.5, 0.6) is 5.75 Å². The number of aromatic hydroxyl groups is 1. The van der Waals surface area contributed by atoms with E-state index in [1.165, 1.54) is 12.3 Å². The highest BCUT2D eigenvalue weighted by molar-refractivity contribution is 5.94. The summed E-state index contributed by atoms with van der Waals surface area (Å²) in [6.45, 7) is 1.22. The quantitative estimate of drug-likeness (QED) is 0.628. The minimum Gasteiger partial charge on any atom is -0.505 e. The molecule has 24 heavy (non-hydrogen) atoms. The van der Waals surface area contributed by atoms with E-state index in [1.807, 2.05) is 0 Å². The van der Waals surface area contributed by atoms with Gasteiger partial charge in [0, 0.05) is 31.4 Å². The van der Waals surface area contributed by atoms with E-state index in [0.29, 0.717) is 19.0 Å². The molecule has 0 radical (unpaired) electrons. The van der Waals surface area contributed by atoms with Crippen molar-refractivity contribution in [1.82, 2.24) is 20.7 Å². The Balaban J connectivity index is 1.52. The largest absolute Gasteiger partial charge is 0.505 e. The molecule has 2 atom stereocenters. The molecule has 0 bridgehead atoms. The van der Waals surface area contributed by atoms with Crippen LogP contribution in [0.2, 0.25) is 0 Å². The maximum atomic E-state index is 12.4. The topological polar surface area (TPSA) is 115 Å². The standard InChI is InChI=1S/C16H22N4O4/c21-13-2-1-5-17-15(13)16(24)20-6-3-10(4-7-20)12-8-11(18-19-12)9-14(22)23/h1-2,5,10-12,18-19,21H,3-4,6-9H2,(H,22,23). The summed E-state index contributed by atoms with van der Waals surface area (Å²) in [7, 11) is 0. The second-order valence-electron chi connectivity index (χ2n) is 6.43. The molecule has 0 saturated carbocycles. The molecular formula is C16H22N4O4. The van der Waals surface area contributed by atoms with Crippen molar-refractivity contribution in [2.75, 3.05) is 13.1 Å². The maximum Gasteiger partial charge on any atom is 0.304 e. The van der Waals surface area contributed by atoms with E-state index in [-0.39, 0.29) is 35.9 Å². The van der Waals surface area contributed by atoms with Crippen LogP contribution in [0, 0.1) is 5.92 Å². The van der Waals surface area contributed by atoms with Crippen molar-refractivity contribution < 1.29 is 19.8 Å². The Morgan fingerprint density at radius 2 is 2.04 bits per heavy atom. The molecule has 3 heterocycles. The maximum absolute atomic E-state index is 12.4. The molecule has 2 saturated heterocycles. The molecule has 0 aromatic carbocycles. The molecule has 2 aliphatic heterocycles. The number of rotatable bonds is 4. The van der Waals surface area contributed by atoms with Gasteiger partial charge >= 0.3 is 5.97 Å². The van der Waals surface area contributed by atoms with Crippen molar-refractivity contribution in [2.45, 2.75) is 37.8 Å². The number of aromatic nitrogens is 1. The van der Waals surface area contributed by atoms with Crippen molar-refractivity contribution in [3.63, 3.8) is 0 Å². The van der Waals surface area contributed by atoms with Crippen molar-refractivity contribution in [2.24, 2.45) is 5.92 Å². The predicted octanol–water partition coefficient (Wildman–Crippen LogP) is 0.349. The molecule has 8 heteroatoms. The van der Waals surface area contributed by atoms with Gasteiger partial charge in [-0.25, -0.2) is 4.98 Å². The van der Waals surface area contributed by atoms with Gasteiger partial charge in [0.25, 0.3) is 5.91 Å². The number of carboxylic acids is 1. The summed E-state index contributed by atoms with van der Waals surface area (Å²) in [6.07, 6.45) is 4.08. The zero-order valence-electron chi connectivity index (χ0n) is 13.3. The molecule has 2 unspecified atom stereocenters. The van der Waals surface area contributed by atoms with Gasteiger partial charge in [0.15, 0.2) is 5.69 Å². The van der Waals surface area contributed by atoms with Crippen LogP contribution in [0.1, 0.15) is 36.2 Å². The number of piperidine rings is 1. The second-order valence-corrected chi connectivity index (χ2v) is 6.43. The zero-order chi connectivity index (χ0) is 17.1. The summed E-state index contributed by atoms with van der Waals surface area (Å²) in [4.78, 5) is 28.9. The number of nitrogens with one attached hydrogen (secondary N) is 2. The highest BCUT2D eigenvalue weighted by Crippen LogP contribution is 2.27. The van der Waals surface area contributed by atoms with Crippen molar-refractivity contribution >= 4 is 11.9 Å². The molecule has 3 rings (SSSR count). The molecule has 2 aliphatic rings. The molecule has 1 amide bonds. The third-order valence-corrected chi connectivity index (χ3v) is 4.82. The number of pyridine rings is 1. The zero-order valence-corrected chi connectivity index (χ0v) is 13.3. The van der Waals surface area contributed by atoms with Gasteiger partial charge in [-0.2, -0.15) is 0 Å². The Kier molecular flexibility index (Phi) is 4.96. The van der Waals surface area contributed by atoms with Crippen LogP contribution in [-0.4, -0.2) is 57.1 Å². The summed E-state index contributed by atoms with van der Waals surface area (Å²) in [5, 5.41) is 18.6. The Bertz CT molecular complexity index is 616. The van der Waals surface area contributed by atoms with Gasteiger partial charge in [0.2, 0.25) is 0 Å². The van der Waals surface area contributed by atoms with E-state index in [9.17, 15) is 14.7 Å². The number of hydrazine groups is 1. The molecule has 1 aromatic rings. The third-order valence-electron chi connectivity index (χ3n) is 4.82. The van der Waals surface area contributed by atoms with Crippen LogP contribution in [0.3, 0.4) is 0 Å². The van der Waals surface area contributed by atoms with E-state index in [4.69, 9.17) is 5.11 Å². The van der Waals surface area contributed by atoms with Crippen LogP contribution in [0.25, 0.3) is 0 Å². The summed E-state index contributed by atoms with van der Waals surface area (Å²) in [5.74, 6) is -0.737. The van der Waals surface area contributed by atoms with E-state index < -0.39 is 5.97 Å². The number of likely N-dealkylation sites (tertiary alicyclic amines) is 1. The Morgan fingerprint density at radius 1 is 1.29 bits per heavy atom. The summed E-state index contributed by atoms with van der Waals surface area (Å²) < 4.78 is 0. The molecule has 1 aromatic heterocycles. The molecule has 0 aliphatic carbocycles. The van der Waals surface area contributed by atoms with Gasteiger partial charge in [0.05, 0.1) is 6.42 Å². The third kappa shape index (κ3) is 3.65. The summed E-state index contributed by atoms with van der Waals surface area (Å²) in [6, 6.07) is 3.24. The van der Waals surface area contributed by atoms with Gasteiger partial charge in [-0.05, 0) is 37.3 Å². The van der Waals surface area contributed by atoms with Gasteiger partial charge in [-0.15, -0.1) is 0 Å². The lowest BCUT2D eigenvalue weighted by atomic mass is 9.87. The van der Waals surface area contributed by atoms with Crippen molar-refractivity contribution in [3.05, 3.63) is 24.0 Å². The van der Waals surface area contributed by atoms with Crippen LogP contribution in [0.15, 0.2) is 18.3 Å². The fourth-order valence-electron chi connectivity index (χ4n) is 3.52. The lowest BCUT2D eigenvalue weighted by Crippen LogP contribution is -2.44. The van der Waals surface area contributed by atoms with Crippen LogP contribution in [-0.2, 0) is 4.79 Å². The van der Waals surface area contributed by atoms with Crippen LogP contribution < -0.4 is 10.9 Å². The van der Waals surface area contributed by atoms with Crippen molar-refractivity contribution in [3.8, 4) is 5.75 Å². The molecule has 130 valence electrons. The minimum atomic E-state index is -0.800. The Hall–Kier alpha value is -2.19. The normalized spacial score (nSPS) is 24.9. The van der Waals surface area contributed by atoms with Gasteiger partial charge in [-0.3, -0.25) is 20.4 Å². The fraction of sp³-hybridized carbons (Fsp3) is 0.562. The molecule has 8 nitrogen and oxygen atoms in total. The highest BCUT2D eigenvalue weighted by Gasteiger charge is 2.34. The number of carbonyl (C=O) groups is 2. The Morgan fingerprint density at radius 3 is 2.71 bits per heavy atom. The van der Waals surface area contributed by atoms with E-state index in [2.05, 4.69) is 15.8 Å². The first-order chi connectivity index (χ1) is 11.5. The van der Waals surface area contributed by atoms with E-state index in [1.54, 1.807) is 11.0 Å². The highest BCUT2D eigenvalue weighted by atomic mass is 16.4. The smallest absolute Gasteiger partial charge is 0.304 e. The average molecular weight is 334 g/mol. The van der Waals surface area contributed by atoms with Crippen molar-refractivity contribution in [1.29, 1.82) is 0 Å². The van der Waals surface area contributed by atoms with E-state index >= 15 is 0 Å². The molecule has 4 N–H and O–H groups in total. The van der Waals surface area contributed by atoms with Gasteiger partial charge in [-0.1, -0.05) is 0 Å². The van der Waals surface area contributed by atoms with E-state index in [0.717, 1.165) is 19.3 Å². The fourth-order valence-corrected chi connectivity index (χ4v) is 3.52. The summed E-state index contributed by atoms with van der Waals surface area (Å²) in [5.41, 5.74) is 6.34. The number of hydrogen-bond donors (Lipinski definition) is 4. The molecular weight excluding hydrogens is 312 g/mol. The van der Waals surface area contributed by atoms with Gasteiger partial charge in [0.1, 0.15) is 5.75 Å². The Labute approximate surface area is 139 Å². The first kappa shape index (κ1) is 16.7. The van der Waals surface area contributed by atoms with Crippen LogP contribution in [0.4, 0.5) is 0 Å². The number of aliphatic carboxylic acids is 1. The number of hydrogen-bond acceptors (Lipinski definition) is 6. The first-order valence-electron chi connectivity index (χ1n) is 8.20. The monoisotopic (exact) mass is 334 g/mol. The lowest BCUT2D eigenvalue weighted by molar-refractivity contribution is -0.137.